The van der Waals surface area contributed by atoms with Gasteiger partial charge in [0.15, 0.2) is 0 Å². The fourth-order valence-electron chi connectivity index (χ4n) is 1.57. The Morgan fingerprint density at radius 1 is 1.17 bits per heavy atom. The number of hydrogen-bond donors (Lipinski definition) is 1. The van der Waals surface area contributed by atoms with Crippen LogP contribution >= 0.6 is 0 Å². The number of carbonyl (C=O) groups excluding carboxylic acids is 2. The first kappa shape index (κ1) is 14.2. The van der Waals surface area contributed by atoms with Crippen LogP contribution in [0.4, 0.5) is 0 Å². The average molecular weight is 250 g/mol. The number of para-hydroxylation sites is 1. The summed E-state index contributed by atoms with van der Waals surface area (Å²) in [6, 6.07) is 6.31. The average Bonchev–Trinajstić information content (AvgIpc) is 2.38. The summed E-state index contributed by atoms with van der Waals surface area (Å²) in [5.41, 5.74) is 0.193. The molecule has 0 amide bonds. The summed E-state index contributed by atoms with van der Waals surface area (Å²) in [5, 5.41) is 9.45. The van der Waals surface area contributed by atoms with Gasteiger partial charge in [0, 0.05) is 6.42 Å². The third kappa shape index (κ3) is 4.99. The predicted octanol–water partition coefficient (Wildman–Crippen LogP) is 2.70. The zero-order valence-corrected chi connectivity index (χ0v) is 10.3. The number of ether oxygens (including phenoxy) is 1. The van der Waals surface area contributed by atoms with Crippen molar-refractivity contribution in [2.75, 3.05) is 6.61 Å². The Balaban J connectivity index is 2.18. The van der Waals surface area contributed by atoms with Crippen LogP contribution in [0.2, 0.25) is 0 Å². The lowest BCUT2D eigenvalue weighted by molar-refractivity contribution is -0.107. The summed E-state index contributed by atoms with van der Waals surface area (Å²) in [6.07, 6.45) is 5.07. The molecule has 0 aliphatic carbocycles. The molecule has 0 atom stereocenters. The first-order chi connectivity index (χ1) is 8.75. The highest BCUT2D eigenvalue weighted by atomic mass is 16.5. The molecule has 18 heavy (non-hydrogen) atoms. The van der Waals surface area contributed by atoms with Gasteiger partial charge in [-0.1, -0.05) is 25.0 Å². The van der Waals surface area contributed by atoms with Crippen LogP contribution in [0, 0.1) is 0 Å². The van der Waals surface area contributed by atoms with Gasteiger partial charge in [-0.2, -0.15) is 0 Å². The van der Waals surface area contributed by atoms with E-state index in [9.17, 15) is 14.7 Å². The van der Waals surface area contributed by atoms with Crippen molar-refractivity contribution in [1.29, 1.82) is 0 Å². The van der Waals surface area contributed by atoms with E-state index in [1.54, 1.807) is 12.1 Å². The summed E-state index contributed by atoms with van der Waals surface area (Å²) in [7, 11) is 0. The number of benzene rings is 1. The van der Waals surface area contributed by atoms with Crippen LogP contribution in [0.5, 0.6) is 5.75 Å². The van der Waals surface area contributed by atoms with Crippen LogP contribution in [0.25, 0.3) is 0 Å². The Bertz CT molecular complexity index is 387. The van der Waals surface area contributed by atoms with Gasteiger partial charge in [-0.25, -0.2) is 4.79 Å². The summed E-state index contributed by atoms with van der Waals surface area (Å²) in [6.45, 7) is 0.342. The van der Waals surface area contributed by atoms with Gasteiger partial charge >= 0.3 is 5.97 Å². The molecular weight excluding hydrogens is 232 g/mol. The molecule has 1 aromatic rings. The second-order valence-corrected chi connectivity index (χ2v) is 4.02. The molecule has 1 rings (SSSR count). The zero-order chi connectivity index (χ0) is 13.2. The number of aldehydes is 1. The highest BCUT2D eigenvalue weighted by molar-refractivity contribution is 5.92. The molecule has 98 valence electrons. The van der Waals surface area contributed by atoms with Crippen molar-refractivity contribution >= 4 is 12.3 Å². The molecular formula is C14H18O4. The van der Waals surface area contributed by atoms with E-state index < -0.39 is 5.97 Å². The second kappa shape index (κ2) is 8.28. The van der Waals surface area contributed by atoms with Crippen molar-refractivity contribution in [1.82, 2.24) is 0 Å². The van der Waals surface area contributed by atoms with E-state index in [1.807, 2.05) is 0 Å². The number of hydrogen-bond acceptors (Lipinski definition) is 4. The Labute approximate surface area is 107 Å². The quantitative estimate of drug-likeness (QED) is 0.437. The number of aromatic hydroxyl groups is 1. The molecule has 0 aromatic heterocycles. The molecule has 4 nitrogen and oxygen atoms in total. The van der Waals surface area contributed by atoms with Crippen LogP contribution in [0.15, 0.2) is 24.3 Å². The van der Waals surface area contributed by atoms with Crippen molar-refractivity contribution in [3.8, 4) is 5.75 Å². The van der Waals surface area contributed by atoms with E-state index in [-0.39, 0.29) is 11.3 Å². The summed E-state index contributed by atoms with van der Waals surface area (Å²) < 4.78 is 5.05. The standard InChI is InChI=1S/C14H18O4/c15-10-6-2-1-3-7-11-18-14(17)12-8-4-5-9-13(12)16/h4-5,8-10,16H,1-3,6-7,11H2. The Morgan fingerprint density at radius 3 is 2.61 bits per heavy atom. The fraction of sp³-hybridized carbons (Fsp3) is 0.429. The Hall–Kier alpha value is -1.84. The number of rotatable bonds is 8. The third-order valence-electron chi connectivity index (χ3n) is 2.57. The van der Waals surface area contributed by atoms with Gasteiger partial charge in [0.05, 0.1) is 6.61 Å². The SMILES string of the molecule is O=CCCCCCCOC(=O)c1ccccc1O. The Kier molecular flexibility index (Phi) is 6.54. The normalized spacial score (nSPS) is 10.0. The van der Waals surface area contributed by atoms with Crippen LogP contribution in [0.3, 0.4) is 0 Å². The lowest BCUT2D eigenvalue weighted by atomic mass is 10.1. The minimum atomic E-state index is -0.499. The van der Waals surface area contributed by atoms with Gasteiger partial charge in [0.1, 0.15) is 17.6 Å². The van der Waals surface area contributed by atoms with Gasteiger partial charge in [-0.15, -0.1) is 0 Å². The van der Waals surface area contributed by atoms with Crippen molar-refractivity contribution in [2.24, 2.45) is 0 Å². The van der Waals surface area contributed by atoms with Gasteiger partial charge < -0.3 is 14.6 Å². The predicted molar refractivity (Wildman–Crippen MR) is 67.5 cm³/mol. The van der Waals surface area contributed by atoms with Gasteiger partial charge in [0.2, 0.25) is 0 Å². The summed E-state index contributed by atoms with van der Waals surface area (Å²) >= 11 is 0. The largest absolute Gasteiger partial charge is 0.507 e. The summed E-state index contributed by atoms with van der Waals surface area (Å²) in [5.74, 6) is -0.561. The van der Waals surface area contributed by atoms with E-state index in [0.29, 0.717) is 13.0 Å². The molecule has 1 aromatic carbocycles. The van der Waals surface area contributed by atoms with E-state index in [2.05, 4.69) is 0 Å². The van der Waals surface area contributed by atoms with Crippen molar-refractivity contribution in [2.45, 2.75) is 32.1 Å². The maximum absolute atomic E-state index is 11.6. The number of phenols is 1. The van der Waals surface area contributed by atoms with Crippen LogP contribution in [-0.2, 0) is 9.53 Å². The minimum Gasteiger partial charge on any atom is -0.507 e. The molecule has 1 N–H and O–H groups in total. The highest BCUT2D eigenvalue weighted by Crippen LogP contribution is 2.16. The number of esters is 1. The molecule has 0 unspecified atom stereocenters. The van der Waals surface area contributed by atoms with E-state index >= 15 is 0 Å². The number of carbonyl (C=O) groups is 2. The van der Waals surface area contributed by atoms with E-state index in [4.69, 9.17) is 4.74 Å². The molecule has 0 spiro atoms. The zero-order valence-electron chi connectivity index (χ0n) is 10.3. The molecule has 4 heteroatoms. The molecule has 0 aliphatic rings. The van der Waals surface area contributed by atoms with Crippen molar-refractivity contribution < 1.29 is 19.4 Å². The second-order valence-electron chi connectivity index (χ2n) is 4.02. The first-order valence-electron chi connectivity index (χ1n) is 6.14. The van der Waals surface area contributed by atoms with Gasteiger partial charge in [-0.05, 0) is 25.0 Å². The molecule has 0 aliphatic heterocycles. The van der Waals surface area contributed by atoms with Gasteiger partial charge in [-0.3, -0.25) is 0 Å². The van der Waals surface area contributed by atoms with E-state index in [1.165, 1.54) is 12.1 Å². The van der Waals surface area contributed by atoms with Gasteiger partial charge in [0.25, 0.3) is 0 Å². The fourth-order valence-corrected chi connectivity index (χ4v) is 1.57. The lowest BCUT2D eigenvalue weighted by Gasteiger charge is -2.05. The molecule has 0 heterocycles. The lowest BCUT2D eigenvalue weighted by Crippen LogP contribution is -2.06. The molecule has 0 saturated heterocycles. The number of phenolic OH excluding ortho intramolecular Hbond substituents is 1. The molecule has 0 saturated carbocycles. The smallest absolute Gasteiger partial charge is 0.341 e. The minimum absolute atomic E-state index is 0.0616. The highest BCUT2D eigenvalue weighted by Gasteiger charge is 2.10. The molecule has 0 fully saturated rings. The van der Waals surface area contributed by atoms with Crippen LogP contribution in [0.1, 0.15) is 42.5 Å². The molecule has 0 bridgehead atoms. The molecule has 0 radical (unpaired) electrons. The van der Waals surface area contributed by atoms with Crippen molar-refractivity contribution in [3.63, 3.8) is 0 Å². The third-order valence-corrected chi connectivity index (χ3v) is 2.57. The van der Waals surface area contributed by atoms with E-state index in [0.717, 1.165) is 32.0 Å². The maximum atomic E-state index is 11.6. The van der Waals surface area contributed by atoms with Crippen molar-refractivity contribution in [3.05, 3.63) is 29.8 Å². The first-order valence-corrected chi connectivity index (χ1v) is 6.14. The Morgan fingerprint density at radius 2 is 1.89 bits per heavy atom. The monoisotopic (exact) mass is 250 g/mol. The van der Waals surface area contributed by atoms with Crippen LogP contribution < -0.4 is 0 Å². The summed E-state index contributed by atoms with van der Waals surface area (Å²) in [4.78, 5) is 21.7. The topological polar surface area (TPSA) is 63.6 Å². The maximum Gasteiger partial charge on any atom is 0.341 e. The van der Waals surface area contributed by atoms with Crippen LogP contribution in [-0.4, -0.2) is 24.0 Å². The number of unbranched alkanes of at least 4 members (excludes halogenated alkanes) is 4.